The number of likely N-dealkylation sites (tertiary alicyclic amines) is 2. The molecule has 3 aromatic rings. The molecule has 1 spiro atoms. The van der Waals surface area contributed by atoms with Crippen LogP contribution >= 0.6 is 0 Å². The van der Waals surface area contributed by atoms with Crippen molar-refractivity contribution in [3.63, 3.8) is 0 Å². The summed E-state index contributed by atoms with van der Waals surface area (Å²) in [4.78, 5) is 22.3. The van der Waals surface area contributed by atoms with Gasteiger partial charge in [-0.25, -0.2) is 0 Å². The van der Waals surface area contributed by atoms with Gasteiger partial charge in [0.25, 0.3) is 5.91 Å². The molecule has 0 saturated carbocycles. The van der Waals surface area contributed by atoms with Gasteiger partial charge < -0.3 is 4.90 Å². The first kappa shape index (κ1) is 19.3. The molecule has 1 aromatic heterocycles. The largest absolute Gasteiger partial charge is 0.338 e. The molecule has 1 amide bonds. The summed E-state index contributed by atoms with van der Waals surface area (Å²) in [6, 6.07) is 18.6. The van der Waals surface area contributed by atoms with E-state index in [0.29, 0.717) is 0 Å². The molecule has 0 radical (unpaired) electrons. The van der Waals surface area contributed by atoms with E-state index in [2.05, 4.69) is 46.0 Å². The van der Waals surface area contributed by atoms with Gasteiger partial charge in [-0.05, 0) is 62.6 Å². The zero-order valence-electron chi connectivity index (χ0n) is 17.7. The van der Waals surface area contributed by atoms with Crippen LogP contribution in [-0.2, 0) is 6.54 Å². The summed E-state index contributed by atoms with van der Waals surface area (Å²) < 4.78 is 0. The number of piperidine rings is 1. The molecule has 0 N–H and O–H groups in total. The lowest BCUT2D eigenvalue weighted by atomic mass is 9.79. The highest BCUT2D eigenvalue weighted by Gasteiger charge is 2.42. The Labute approximate surface area is 178 Å². The highest BCUT2D eigenvalue weighted by Crippen LogP contribution is 2.40. The number of fused-ring (bicyclic) bond motifs is 1. The van der Waals surface area contributed by atoms with Crippen LogP contribution in [0.3, 0.4) is 0 Å². The van der Waals surface area contributed by atoms with Crippen molar-refractivity contribution in [2.24, 2.45) is 5.41 Å². The normalized spacial score (nSPS) is 22.1. The van der Waals surface area contributed by atoms with Crippen molar-refractivity contribution < 1.29 is 4.79 Å². The second-order valence-electron chi connectivity index (χ2n) is 9.19. The Morgan fingerprint density at radius 1 is 1.03 bits per heavy atom. The lowest BCUT2D eigenvalue weighted by Gasteiger charge is -2.40. The quantitative estimate of drug-likeness (QED) is 0.642. The minimum Gasteiger partial charge on any atom is -0.338 e. The molecule has 30 heavy (non-hydrogen) atoms. The average molecular weight is 400 g/mol. The Morgan fingerprint density at radius 3 is 2.87 bits per heavy atom. The van der Waals surface area contributed by atoms with E-state index in [0.717, 1.165) is 55.6 Å². The van der Waals surface area contributed by atoms with Gasteiger partial charge in [-0.2, -0.15) is 0 Å². The minimum atomic E-state index is 0.161. The smallest absolute Gasteiger partial charge is 0.253 e. The maximum atomic E-state index is 13.2. The van der Waals surface area contributed by atoms with Crippen molar-refractivity contribution in [2.45, 2.75) is 32.7 Å². The molecule has 154 valence electrons. The molecule has 0 unspecified atom stereocenters. The van der Waals surface area contributed by atoms with Gasteiger partial charge in [0.1, 0.15) is 0 Å². The molecule has 4 heteroatoms. The highest BCUT2D eigenvalue weighted by molar-refractivity contribution is 5.98. The fraction of sp³-hybridized carbons (Fsp3) is 0.385. The summed E-state index contributed by atoms with van der Waals surface area (Å²) >= 11 is 0. The van der Waals surface area contributed by atoms with E-state index in [4.69, 9.17) is 0 Å². The van der Waals surface area contributed by atoms with E-state index >= 15 is 0 Å². The maximum absolute atomic E-state index is 13.2. The van der Waals surface area contributed by atoms with Crippen molar-refractivity contribution in [1.29, 1.82) is 0 Å². The van der Waals surface area contributed by atoms with Gasteiger partial charge in [-0.3, -0.25) is 14.7 Å². The fourth-order valence-corrected chi connectivity index (χ4v) is 5.35. The summed E-state index contributed by atoms with van der Waals surface area (Å²) in [5.74, 6) is 0.161. The summed E-state index contributed by atoms with van der Waals surface area (Å²) in [6.07, 6.45) is 5.34. The number of nitrogens with zero attached hydrogens (tertiary/aromatic N) is 3. The summed E-state index contributed by atoms with van der Waals surface area (Å²) in [5.41, 5.74) is 4.67. The lowest BCUT2D eigenvalue weighted by molar-refractivity contribution is 0.0675. The number of pyridine rings is 1. The molecule has 2 saturated heterocycles. The Morgan fingerprint density at radius 2 is 1.97 bits per heavy atom. The predicted molar refractivity (Wildman–Crippen MR) is 120 cm³/mol. The molecule has 2 aromatic carbocycles. The standard InChI is InChI=1S/C26H29N3O/c1-20-5-2-6-21(15-20)17-28-13-4-10-26(18-28)11-14-29(19-26)25(30)23-8-9-24-22(16-23)7-3-12-27-24/h2-3,5-9,12,15-16H,4,10-11,13-14,17-19H2,1H3/t26-/m0/s1. The first-order valence-corrected chi connectivity index (χ1v) is 11.0. The number of aryl methyl sites for hydroxylation is 1. The number of rotatable bonds is 3. The first-order valence-electron chi connectivity index (χ1n) is 11.0. The second kappa shape index (κ2) is 7.84. The molecule has 0 bridgehead atoms. The van der Waals surface area contributed by atoms with Gasteiger partial charge >= 0.3 is 0 Å². The van der Waals surface area contributed by atoms with Crippen molar-refractivity contribution in [2.75, 3.05) is 26.2 Å². The van der Waals surface area contributed by atoms with Crippen LogP contribution in [0, 0.1) is 12.3 Å². The van der Waals surface area contributed by atoms with E-state index in [1.807, 2.05) is 30.3 Å². The van der Waals surface area contributed by atoms with Gasteiger partial charge in [-0.1, -0.05) is 35.9 Å². The molecule has 0 aliphatic carbocycles. The number of carbonyl (C=O) groups excluding carboxylic acids is 1. The van der Waals surface area contributed by atoms with Crippen molar-refractivity contribution in [3.8, 4) is 0 Å². The zero-order chi connectivity index (χ0) is 20.6. The zero-order valence-corrected chi connectivity index (χ0v) is 17.7. The number of carbonyl (C=O) groups is 1. The van der Waals surface area contributed by atoms with E-state index in [-0.39, 0.29) is 11.3 Å². The van der Waals surface area contributed by atoms with E-state index in [1.54, 1.807) is 6.20 Å². The number of benzene rings is 2. The Hall–Kier alpha value is -2.72. The van der Waals surface area contributed by atoms with E-state index < -0.39 is 0 Å². The Bertz CT molecular complexity index is 1080. The van der Waals surface area contributed by atoms with Crippen LogP contribution in [-0.4, -0.2) is 46.9 Å². The fourth-order valence-electron chi connectivity index (χ4n) is 5.35. The summed E-state index contributed by atoms with van der Waals surface area (Å²) in [6.45, 7) is 7.15. The van der Waals surface area contributed by atoms with Crippen LogP contribution in [0.1, 0.15) is 40.7 Å². The third-order valence-electron chi connectivity index (χ3n) is 6.80. The molecular formula is C26H29N3O. The number of aromatic nitrogens is 1. The molecule has 2 aliphatic heterocycles. The topological polar surface area (TPSA) is 36.4 Å². The highest BCUT2D eigenvalue weighted by atomic mass is 16.2. The minimum absolute atomic E-state index is 0.161. The van der Waals surface area contributed by atoms with E-state index in [9.17, 15) is 4.79 Å². The molecular weight excluding hydrogens is 370 g/mol. The SMILES string of the molecule is Cc1cccc(CN2CCC[C@]3(CCN(C(=O)c4ccc5ncccc5c4)C3)C2)c1. The van der Waals surface area contributed by atoms with Gasteiger partial charge in [-0.15, -0.1) is 0 Å². The molecule has 3 heterocycles. The molecule has 1 atom stereocenters. The predicted octanol–water partition coefficient (Wildman–Crippen LogP) is 4.67. The third-order valence-corrected chi connectivity index (χ3v) is 6.80. The third kappa shape index (κ3) is 3.84. The average Bonchev–Trinajstić information content (AvgIpc) is 3.16. The van der Waals surface area contributed by atoms with Crippen LogP contribution < -0.4 is 0 Å². The maximum Gasteiger partial charge on any atom is 0.253 e. The Balaban J connectivity index is 1.28. The van der Waals surface area contributed by atoms with E-state index in [1.165, 1.54) is 24.0 Å². The van der Waals surface area contributed by atoms with Crippen LogP contribution in [0.15, 0.2) is 60.8 Å². The lowest BCUT2D eigenvalue weighted by Crippen LogP contribution is -2.45. The molecule has 2 aliphatic rings. The summed E-state index contributed by atoms with van der Waals surface area (Å²) in [5, 5.41) is 1.03. The van der Waals surface area contributed by atoms with Gasteiger partial charge in [0.05, 0.1) is 5.52 Å². The second-order valence-corrected chi connectivity index (χ2v) is 9.19. The van der Waals surface area contributed by atoms with Crippen LogP contribution in [0.4, 0.5) is 0 Å². The van der Waals surface area contributed by atoms with Gasteiger partial charge in [0.2, 0.25) is 0 Å². The molecule has 4 nitrogen and oxygen atoms in total. The Kier molecular flexibility index (Phi) is 5.03. The monoisotopic (exact) mass is 399 g/mol. The summed E-state index contributed by atoms with van der Waals surface area (Å²) in [7, 11) is 0. The number of amides is 1. The van der Waals surface area contributed by atoms with Crippen LogP contribution in [0.5, 0.6) is 0 Å². The van der Waals surface area contributed by atoms with Crippen molar-refractivity contribution in [1.82, 2.24) is 14.8 Å². The van der Waals surface area contributed by atoms with Crippen molar-refractivity contribution in [3.05, 3.63) is 77.5 Å². The first-order chi connectivity index (χ1) is 14.6. The number of hydrogen-bond acceptors (Lipinski definition) is 3. The van der Waals surface area contributed by atoms with Crippen molar-refractivity contribution >= 4 is 16.8 Å². The van der Waals surface area contributed by atoms with Crippen LogP contribution in [0.25, 0.3) is 10.9 Å². The van der Waals surface area contributed by atoms with Crippen LogP contribution in [0.2, 0.25) is 0 Å². The van der Waals surface area contributed by atoms with Gasteiger partial charge in [0, 0.05) is 48.7 Å². The molecule has 2 fully saturated rings. The van der Waals surface area contributed by atoms with Gasteiger partial charge in [0.15, 0.2) is 0 Å². The molecule has 5 rings (SSSR count). The number of hydrogen-bond donors (Lipinski definition) is 0.